The van der Waals surface area contributed by atoms with Gasteiger partial charge in [-0.15, -0.1) is 23.1 Å². The van der Waals surface area contributed by atoms with E-state index in [0.29, 0.717) is 11.6 Å². The molecule has 2 aromatic rings. The molecule has 0 atom stereocenters. The first-order valence-electron chi connectivity index (χ1n) is 6.12. The van der Waals surface area contributed by atoms with E-state index in [1.54, 1.807) is 23.1 Å². The normalized spacial score (nSPS) is 10.5. The van der Waals surface area contributed by atoms with Gasteiger partial charge in [0.05, 0.1) is 23.4 Å². The van der Waals surface area contributed by atoms with Gasteiger partial charge in [-0.2, -0.15) is 0 Å². The van der Waals surface area contributed by atoms with Crippen molar-refractivity contribution in [2.45, 2.75) is 18.2 Å². The summed E-state index contributed by atoms with van der Waals surface area (Å²) >= 11 is 8.40. The van der Waals surface area contributed by atoms with Gasteiger partial charge in [-0.1, -0.05) is 18.3 Å². The van der Waals surface area contributed by atoms with Crippen LogP contribution < -0.4 is 10.5 Å². The number of thioether (sulfide) groups is 1. The Morgan fingerprint density at radius 3 is 2.90 bits per heavy atom. The highest BCUT2D eigenvalue weighted by Gasteiger charge is 2.12. The quantitative estimate of drug-likeness (QED) is 0.651. The fourth-order valence-corrected chi connectivity index (χ4v) is 3.53. The zero-order chi connectivity index (χ0) is 14.5. The fourth-order valence-electron chi connectivity index (χ4n) is 1.86. The van der Waals surface area contributed by atoms with Crippen LogP contribution in [0.4, 0.5) is 0 Å². The number of aromatic nitrogens is 1. The maximum atomic E-state index is 5.87. The second-order valence-electron chi connectivity index (χ2n) is 4.16. The highest BCUT2D eigenvalue weighted by atomic mass is 32.2. The van der Waals surface area contributed by atoms with Crippen molar-refractivity contribution in [3.05, 3.63) is 39.8 Å². The topological polar surface area (TPSA) is 48.1 Å². The molecule has 1 aromatic heterocycles. The highest BCUT2D eigenvalue weighted by molar-refractivity contribution is 7.98. The smallest absolute Gasteiger partial charge is 0.130 e. The van der Waals surface area contributed by atoms with E-state index in [2.05, 4.69) is 4.98 Å². The van der Waals surface area contributed by atoms with Crippen molar-refractivity contribution in [2.75, 3.05) is 12.9 Å². The Morgan fingerprint density at radius 1 is 1.50 bits per heavy atom. The number of thiazole rings is 1. The number of hydrogen-bond acceptors (Lipinski definition) is 5. The van der Waals surface area contributed by atoms with E-state index < -0.39 is 0 Å². The maximum absolute atomic E-state index is 5.87. The number of rotatable bonds is 6. The van der Waals surface area contributed by atoms with Crippen LogP contribution >= 0.6 is 35.3 Å². The highest BCUT2D eigenvalue weighted by Crippen LogP contribution is 2.29. The summed E-state index contributed by atoms with van der Waals surface area (Å²) in [5.41, 5.74) is 9.58. The standard InChI is InChI=1S/C14H16N2OS3/c1-9-11(20-8-16-9)6-7-17-10-4-3-5-12(19-2)13(10)14(15)18/h3-5,8H,6-7H2,1-2H3,(H2,15,18). The molecule has 0 unspecified atom stereocenters. The van der Waals surface area contributed by atoms with Gasteiger partial charge in [0.1, 0.15) is 10.7 Å². The summed E-state index contributed by atoms with van der Waals surface area (Å²) in [7, 11) is 0. The second-order valence-corrected chi connectivity index (χ2v) is 6.38. The van der Waals surface area contributed by atoms with Crippen molar-refractivity contribution < 1.29 is 4.74 Å². The Bertz CT molecular complexity index is 610. The summed E-state index contributed by atoms with van der Waals surface area (Å²) in [6.07, 6.45) is 2.85. The maximum Gasteiger partial charge on any atom is 0.130 e. The second kappa shape index (κ2) is 7.06. The molecule has 0 spiro atoms. The third-order valence-electron chi connectivity index (χ3n) is 2.89. The summed E-state index contributed by atoms with van der Waals surface area (Å²) in [4.78, 5) is 6.91. The Labute approximate surface area is 132 Å². The van der Waals surface area contributed by atoms with Crippen molar-refractivity contribution in [2.24, 2.45) is 5.73 Å². The molecule has 0 fully saturated rings. The summed E-state index contributed by atoms with van der Waals surface area (Å²) in [5, 5.41) is 0. The van der Waals surface area contributed by atoms with Gasteiger partial charge in [0.25, 0.3) is 0 Å². The van der Waals surface area contributed by atoms with Gasteiger partial charge in [0, 0.05) is 16.2 Å². The largest absolute Gasteiger partial charge is 0.492 e. The van der Waals surface area contributed by atoms with E-state index in [9.17, 15) is 0 Å². The summed E-state index contributed by atoms with van der Waals surface area (Å²) in [5.74, 6) is 0.756. The molecule has 2 N–H and O–H groups in total. The van der Waals surface area contributed by atoms with Crippen LogP contribution in [0.2, 0.25) is 0 Å². The lowest BCUT2D eigenvalue weighted by atomic mass is 10.2. The average Bonchev–Trinajstić information content (AvgIpc) is 2.84. The van der Waals surface area contributed by atoms with Gasteiger partial charge < -0.3 is 10.5 Å². The molecular formula is C14H16N2OS3. The minimum Gasteiger partial charge on any atom is -0.492 e. The molecule has 0 aliphatic rings. The van der Waals surface area contributed by atoms with Crippen LogP contribution in [-0.4, -0.2) is 22.8 Å². The minimum absolute atomic E-state index is 0.374. The monoisotopic (exact) mass is 324 g/mol. The Kier molecular flexibility index (Phi) is 5.39. The van der Waals surface area contributed by atoms with E-state index in [1.807, 2.05) is 36.9 Å². The first-order chi connectivity index (χ1) is 9.63. The molecule has 0 aliphatic heterocycles. The SMILES string of the molecule is CSc1cccc(OCCc2scnc2C)c1C(N)=S. The van der Waals surface area contributed by atoms with Crippen molar-refractivity contribution in [1.29, 1.82) is 0 Å². The van der Waals surface area contributed by atoms with Crippen LogP contribution in [0.15, 0.2) is 28.6 Å². The van der Waals surface area contributed by atoms with Gasteiger partial charge in [-0.05, 0) is 25.3 Å². The van der Waals surface area contributed by atoms with E-state index in [1.165, 1.54) is 4.88 Å². The van der Waals surface area contributed by atoms with Gasteiger partial charge in [-0.25, -0.2) is 4.98 Å². The predicted molar refractivity (Wildman–Crippen MR) is 90.2 cm³/mol. The first-order valence-corrected chi connectivity index (χ1v) is 8.63. The fraction of sp³-hybridized carbons (Fsp3) is 0.286. The molecular weight excluding hydrogens is 308 g/mol. The van der Waals surface area contributed by atoms with E-state index in [4.69, 9.17) is 22.7 Å². The van der Waals surface area contributed by atoms with Gasteiger partial charge in [0.2, 0.25) is 0 Å². The van der Waals surface area contributed by atoms with Gasteiger partial charge >= 0.3 is 0 Å². The zero-order valence-electron chi connectivity index (χ0n) is 11.4. The molecule has 0 saturated heterocycles. The van der Waals surface area contributed by atoms with Crippen molar-refractivity contribution in [3.63, 3.8) is 0 Å². The van der Waals surface area contributed by atoms with E-state index in [0.717, 1.165) is 28.3 Å². The van der Waals surface area contributed by atoms with Crippen molar-refractivity contribution in [1.82, 2.24) is 4.98 Å². The third-order valence-corrected chi connectivity index (χ3v) is 4.86. The lowest BCUT2D eigenvalue weighted by Crippen LogP contribution is -2.14. The molecule has 1 heterocycles. The van der Waals surface area contributed by atoms with Crippen molar-refractivity contribution >= 4 is 40.3 Å². The molecule has 3 nitrogen and oxygen atoms in total. The van der Waals surface area contributed by atoms with Crippen LogP contribution in [0, 0.1) is 6.92 Å². The Hall–Kier alpha value is -1.11. The van der Waals surface area contributed by atoms with Gasteiger partial charge in [-0.3, -0.25) is 0 Å². The van der Waals surface area contributed by atoms with E-state index >= 15 is 0 Å². The Morgan fingerprint density at radius 2 is 2.30 bits per heavy atom. The number of thiocarbonyl (C=S) groups is 1. The van der Waals surface area contributed by atoms with Crippen LogP contribution in [0.5, 0.6) is 5.75 Å². The molecule has 6 heteroatoms. The molecule has 106 valence electrons. The van der Waals surface area contributed by atoms with Gasteiger partial charge in [0.15, 0.2) is 0 Å². The minimum atomic E-state index is 0.374. The molecule has 0 amide bonds. The summed E-state index contributed by atoms with van der Waals surface area (Å²) < 4.78 is 5.87. The number of benzene rings is 1. The van der Waals surface area contributed by atoms with Crippen LogP contribution in [0.3, 0.4) is 0 Å². The van der Waals surface area contributed by atoms with Crippen molar-refractivity contribution in [3.8, 4) is 5.75 Å². The molecule has 0 aliphatic carbocycles. The lowest BCUT2D eigenvalue weighted by molar-refractivity contribution is 0.321. The number of ether oxygens (including phenoxy) is 1. The molecule has 0 saturated carbocycles. The predicted octanol–water partition coefficient (Wildman–Crippen LogP) is 3.43. The number of nitrogens with zero attached hydrogens (tertiary/aromatic N) is 1. The Balaban J connectivity index is 2.09. The summed E-state index contributed by atoms with van der Waals surface area (Å²) in [6.45, 7) is 2.61. The van der Waals surface area contributed by atoms with Crippen LogP contribution in [-0.2, 0) is 6.42 Å². The number of nitrogens with two attached hydrogens (primary N) is 1. The molecule has 0 radical (unpaired) electrons. The molecule has 2 rings (SSSR count). The van der Waals surface area contributed by atoms with Crippen LogP contribution in [0.1, 0.15) is 16.1 Å². The van der Waals surface area contributed by atoms with Crippen LogP contribution in [0.25, 0.3) is 0 Å². The zero-order valence-corrected chi connectivity index (χ0v) is 13.8. The summed E-state index contributed by atoms with van der Waals surface area (Å²) in [6, 6.07) is 5.87. The molecule has 1 aromatic carbocycles. The van der Waals surface area contributed by atoms with E-state index in [-0.39, 0.29) is 0 Å². The third kappa shape index (κ3) is 3.50. The first kappa shape index (κ1) is 15.3. The number of aryl methyl sites for hydroxylation is 1. The molecule has 20 heavy (non-hydrogen) atoms. The molecule has 0 bridgehead atoms. The number of hydrogen-bond donors (Lipinski definition) is 1. The average molecular weight is 324 g/mol. The lowest BCUT2D eigenvalue weighted by Gasteiger charge is -2.13.